The highest BCUT2D eigenvalue weighted by atomic mass is 16.6. The molecule has 0 aromatic carbocycles. The first-order valence-electron chi connectivity index (χ1n) is 4.12. The third-order valence-electron chi connectivity index (χ3n) is 1.72. The van der Waals surface area contributed by atoms with E-state index in [-0.39, 0.29) is 17.8 Å². The van der Waals surface area contributed by atoms with Crippen LogP contribution in [0.1, 0.15) is 27.2 Å². The Morgan fingerprint density at radius 2 is 2.08 bits per heavy atom. The lowest BCUT2D eigenvalue weighted by Gasteiger charge is -2.19. The van der Waals surface area contributed by atoms with E-state index in [4.69, 9.17) is 4.74 Å². The minimum atomic E-state index is -0.437. The van der Waals surface area contributed by atoms with Crippen molar-refractivity contribution in [1.82, 2.24) is 0 Å². The fraction of sp³-hybridized carbons (Fsp3) is 0.778. The molecule has 0 radical (unpaired) electrons. The molecular weight excluding hydrogens is 156 g/mol. The number of carbonyl (C=O) groups is 2. The van der Waals surface area contributed by atoms with Crippen LogP contribution in [0.5, 0.6) is 0 Å². The standard InChI is InChI=1S/C9H14O3/c1-9(2,3)12-8(11)7-4-6(7)5-10/h5-7H,4H2,1-3H3/t6-,7+/m0/s1. The molecule has 0 saturated heterocycles. The lowest BCUT2D eigenvalue weighted by atomic mass is 10.2. The van der Waals surface area contributed by atoms with Crippen molar-refractivity contribution in [3.63, 3.8) is 0 Å². The van der Waals surface area contributed by atoms with Crippen LogP contribution in [0.15, 0.2) is 0 Å². The van der Waals surface area contributed by atoms with Crippen LogP contribution < -0.4 is 0 Å². The number of hydrogen-bond donors (Lipinski definition) is 0. The SMILES string of the molecule is CC(C)(C)OC(=O)[C@@H]1C[C@H]1C=O. The number of carbonyl (C=O) groups excluding carboxylic acids is 2. The Labute approximate surface area is 72.1 Å². The van der Waals surface area contributed by atoms with E-state index in [1.807, 2.05) is 20.8 Å². The maximum absolute atomic E-state index is 11.2. The molecule has 68 valence electrons. The number of esters is 1. The fourth-order valence-electron chi connectivity index (χ4n) is 1.01. The van der Waals surface area contributed by atoms with Gasteiger partial charge in [0.25, 0.3) is 0 Å². The molecule has 0 aliphatic heterocycles. The van der Waals surface area contributed by atoms with E-state index in [0.717, 1.165) is 6.29 Å². The Morgan fingerprint density at radius 1 is 1.50 bits per heavy atom. The van der Waals surface area contributed by atoms with Gasteiger partial charge in [-0.15, -0.1) is 0 Å². The highest BCUT2D eigenvalue weighted by Gasteiger charge is 2.45. The van der Waals surface area contributed by atoms with E-state index >= 15 is 0 Å². The van der Waals surface area contributed by atoms with Gasteiger partial charge in [-0.25, -0.2) is 0 Å². The molecule has 1 aliphatic carbocycles. The van der Waals surface area contributed by atoms with Crippen molar-refractivity contribution >= 4 is 12.3 Å². The molecule has 0 amide bonds. The van der Waals surface area contributed by atoms with Crippen molar-refractivity contribution in [1.29, 1.82) is 0 Å². The summed E-state index contributed by atoms with van der Waals surface area (Å²) in [7, 11) is 0. The zero-order valence-corrected chi connectivity index (χ0v) is 7.66. The van der Waals surface area contributed by atoms with Crippen molar-refractivity contribution in [2.24, 2.45) is 11.8 Å². The summed E-state index contributed by atoms with van der Waals surface area (Å²) < 4.78 is 5.10. The first-order chi connectivity index (χ1) is 5.44. The molecule has 0 heterocycles. The van der Waals surface area contributed by atoms with Gasteiger partial charge in [-0.05, 0) is 27.2 Å². The Hall–Kier alpha value is -0.860. The van der Waals surface area contributed by atoms with Crippen LogP contribution in [-0.2, 0) is 14.3 Å². The second-order valence-corrected chi connectivity index (χ2v) is 4.18. The van der Waals surface area contributed by atoms with Crippen LogP contribution >= 0.6 is 0 Å². The number of rotatable bonds is 2. The van der Waals surface area contributed by atoms with E-state index in [1.54, 1.807) is 0 Å². The summed E-state index contributed by atoms with van der Waals surface area (Å²) in [4.78, 5) is 21.4. The van der Waals surface area contributed by atoms with Crippen molar-refractivity contribution in [3.8, 4) is 0 Å². The molecule has 1 aliphatic rings. The van der Waals surface area contributed by atoms with Crippen molar-refractivity contribution < 1.29 is 14.3 Å². The van der Waals surface area contributed by atoms with Crippen LogP contribution in [0.4, 0.5) is 0 Å². The van der Waals surface area contributed by atoms with Crippen LogP contribution in [-0.4, -0.2) is 17.9 Å². The first-order valence-corrected chi connectivity index (χ1v) is 4.12. The molecule has 3 nitrogen and oxygen atoms in total. The average molecular weight is 170 g/mol. The average Bonchev–Trinajstić information content (AvgIpc) is 2.60. The molecule has 0 spiro atoms. The highest BCUT2D eigenvalue weighted by molar-refractivity contribution is 5.81. The monoisotopic (exact) mass is 170 g/mol. The molecule has 12 heavy (non-hydrogen) atoms. The van der Waals surface area contributed by atoms with E-state index in [2.05, 4.69) is 0 Å². The summed E-state index contributed by atoms with van der Waals surface area (Å²) in [6, 6.07) is 0. The lowest BCUT2D eigenvalue weighted by Crippen LogP contribution is -2.25. The van der Waals surface area contributed by atoms with Gasteiger partial charge in [0.1, 0.15) is 11.9 Å². The van der Waals surface area contributed by atoms with Crippen LogP contribution in [0.3, 0.4) is 0 Å². The molecule has 1 rings (SSSR count). The summed E-state index contributed by atoms with van der Waals surface area (Å²) in [5.74, 6) is -0.485. The highest BCUT2D eigenvalue weighted by Crippen LogP contribution is 2.38. The zero-order chi connectivity index (χ0) is 9.35. The zero-order valence-electron chi connectivity index (χ0n) is 7.66. The van der Waals surface area contributed by atoms with Crippen molar-refractivity contribution in [2.75, 3.05) is 0 Å². The molecule has 1 saturated carbocycles. The second-order valence-electron chi connectivity index (χ2n) is 4.18. The molecule has 3 heteroatoms. The van der Waals surface area contributed by atoms with Gasteiger partial charge in [0.05, 0.1) is 5.92 Å². The second kappa shape index (κ2) is 2.88. The van der Waals surface area contributed by atoms with E-state index in [1.165, 1.54) is 0 Å². The van der Waals surface area contributed by atoms with E-state index in [0.29, 0.717) is 6.42 Å². The van der Waals surface area contributed by atoms with Gasteiger partial charge < -0.3 is 9.53 Å². The Bertz CT molecular complexity index is 202. The Morgan fingerprint density at radius 3 is 2.42 bits per heavy atom. The number of ether oxygens (including phenoxy) is 1. The summed E-state index contributed by atoms with van der Waals surface area (Å²) in [6.07, 6.45) is 1.49. The first kappa shape index (κ1) is 9.23. The summed E-state index contributed by atoms with van der Waals surface area (Å²) in [6.45, 7) is 5.47. The lowest BCUT2D eigenvalue weighted by molar-refractivity contribution is -0.157. The molecule has 1 fully saturated rings. The predicted octanol–water partition coefficient (Wildman–Crippen LogP) is 1.16. The molecular formula is C9H14O3. The molecule has 0 aromatic heterocycles. The van der Waals surface area contributed by atoms with Gasteiger partial charge in [0.15, 0.2) is 0 Å². The molecule has 0 aromatic rings. The molecule has 0 unspecified atom stereocenters. The number of hydrogen-bond acceptors (Lipinski definition) is 3. The summed E-state index contributed by atoms with van der Waals surface area (Å²) in [5, 5.41) is 0. The van der Waals surface area contributed by atoms with Crippen LogP contribution in [0.25, 0.3) is 0 Å². The summed E-state index contributed by atoms with van der Waals surface area (Å²) >= 11 is 0. The maximum atomic E-state index is 11.2. The van der Waals surface area contributed by atoms with Gasteiger partial charge in [0.2, 0.25) is 0 Å². The normalized spacial score (nSPS) is 27.9. The molecule has 0 bridgehead atoms. The summed E-state index contributed by atoms with van der Waals surface area (Å²) in [5.41, 5.74) is -0.437. The van der Waals surface area contributed by atoms with Gasteiger partial charge in [-0.3, -0.25) is 4.79 Å². The van der Waals surface area contributed by atoms with Gasteiger partial charge in [-0.1, -0.05) is 0 Å². The van der Waals surface area contributed by atoms with Crippen LogP contribution in [0.2, 0.25) is 0 Å². The van der Waals surface area contributed by atoms with Crippen LogP contribution in [0, 0.1) is 11.8 Å². The topological polar surface area (TPSA) is 43.4 Å². The fourth-order valence-corrected chi connectivity index (χ4v) is 1.01. The Balaban J connectivity index is 2.36. The quantitative estimate of drug-likeness (QED) is 0.461. The minimum absolute atomic E-state index is 0.0835. The van der Waals surface area contributed by atoms with E-state index in [9.17, 15) is 9.59 Å². The van der Waals surface area contributed by atoms with Crippen molar-refractivity contribution in [3.05, 3.63) is 0 Å². The largest absolute Gasteiger partial charge is 0.460 e. The predicted molar refractivity (Wildman–Crippen MR) is 43.5 cm³/mol. The molecule has 2 atom stereocenters. The van der Waals surface area contributed by atoms with Crippen molar-refractivity contribution in [2.45, 2.75) is 32.8 Å². The minimum Gasteiger partial charge on any atom is -0.460 e. The number of aldehydes is 1. The Kier molecular flexibility index (Phi) is 2.22. The van der Waals surface area contributed by atoms with Gasteiger partial charge >= 0.3 is 5.97 Å². The molecule has 0 N–H and O–H groups in total. The third kappa shape index (κ3) is 2.32. The maximum Gasteiger partial charge on any atom is 0.310 e. The van der Waals surface area contributed by atoms with E-state index < -0.39 is 5.60 Å². The third-order valence-corrected chi connectivity index (χ3v) is 1.72. The smallest absolute Gasteiger partial charge is 0.310 e. The van der Waals surface area contributed by atoms with Gasteiger partial charge in [-0.2, -0.15) is 0 Å². The van der Waals surface area contributed by atoms with Gasteiger partial charge in [0, 0.05) is 5.92 Å².